The van der Waals surface area contributed by atoms with Crippen LogP contribution in [-0.2, 0) is 5.41 Å². The van der Waals surface area contributed by atoms with Crippen molar-refractivity contribution in [1.82, 2.24) is 4.90 Å². The molecule has 3 nitrogen and oxygen atoms in total. The van der Waals surface area contributed by atoms with Crippen LogP contribution in [0.1, 0.15) is 28.8 Å². The zero-order valence-electron chi connectivity index (χ0n) is 9.73. The molecule has 0 spiro atoms. The van der Waals surface area contributed by atoms with E-state index in [9.17, 15) is 4.79 Å². The third kappa shape index (κ3) is 2.09. The first-order valence-corrected chi connectivity index (χ1v) is 5.52. The number of aromatic carboxylic acids is 1. The second-order valence-electron chi connectivity index (χ2n) is 4.90. The molecule has 0 heterocycles. The van der Waals surface area contributed by atoms with Gasteiger partial charge < -0.3 is 10.0 Å². The molecule has 0 aromatic heterocycles. The fourth-order valence-electron chi connectivity index (χ4n) is 2.28. The molecule has 1 aliphatic rings. The molecule has 0 amide bonds. The van der Waals surface area contributed by atoms with Crippen molar-refractivity contribution in [2.24, 2.45) is 0 Å². The lowest BCUT2D eigenvalue weighted by atomic mass is 9.94. The highest BCUT2D eigenvalue weighted by molar-refractivity contribution is 5.87. The van der Waals surface area contributed by atoms with E-state index < -0.39 is 5.97 Å². The minimum Gasteiger partial charge on any atom is -0.478 e. The summed E-state index contributed by atoms with van der Waals surface area (Å²) in [7, 11) is 4.11. The third-order valence-electron chi connectivity index (χ3n) is 3.19. The average Bonchev–Trinajstić information content (AvgIpc) is 2.98. The summed E-state index contributed by atoms with van der Waals surface area (Å²) in [5.74, 6) is -0.845. The van der Waals surface area contributed by atoms with E-state index in [1.807, 2.05) is 18.2 Å². The first kappa shape index (κ1) is 11.1. The number of rotatable bonds is 4. The van der Waals surface area contributed by atoms with E-state index in [4.69, 9.17) is 5.11 Å². The van der Waals surface area contributed by atoms with Gasteiger partial charge in [0.25, 0.3) is 0 Å². The summed E-state index contributed by atoms with van der Waals surface area (Å²) in [6, 6.07) is 7.36. The summed E-state index contributed by atoms with van der Waals surface area (Å²) >= 11 is 0. The molecule has 0 saturated heterocycles. The first-order valence-electron chi connectivity index (χ1n) is 5.52. The predicted octanol–water partition coefficient (Wildman–Crippen LogP) is 1.98. The standard InChI is InChI=1S/C13H17NO2/c1-14(2)9-13(6-7-13)11-5-3-4-10(8-11)12(15)16/h3-5,8H,6-7,9H2,1-2H3,(H,15,16). The topological polar surface area (TPSA) is 40.5 Å². The Labute approximate surface area is 95.7 Å². The van der Waals surface area contributed by atoms with Gasteiger partial charge in [-0.05, 0) is 44.6 Å². The van der Waals surface area contributed by atoms with Crippen LogP contribution in [0.5, 0.6) is 0 Å². The van der Waals surface area contributed by atoms with Crippen LogP contribution in [0.2, 0.25) is 0 Å². The number of hydrogen-bond acceptors (Lipinski definition) is 2. The summed E-state index contributed by atoms with van der Waals surface area (Å²) < 4.78 is 0. The van der Waals surface area contributed by atoms with Crippen LogP contribution >= 0.6 is 0 Å². The normalized spacial score (nSPS) is 17.4. The monoisotopic (exact) mass is 219 g/mol. The van der Waals surface area contributed by atoms with Gasteiger partial charge in [0.1, 0.15) is 0 Å². The molecule has 1 saturated carbocycles. The van der Waals surface area contributed by atoms with Crippen LogP contribution in [0.15, 0.2) is 24.3 Å². The Morgan fingerprint density at radius 1 is 1.44 bits per heavy atom. The average molecular weight is 219 g/mol. The zero-order valence-corrected chi connectivity index (χ0v) is 9.73. The van der Waals surface area contributed by atoms with Crippen molar-refractivity contribution in [2.75, 3.05) is 20.6 Å². The largest absolute Gasteiger partial charge is 0.478 e. The van der Waals surface area contributed by atoms with E-state index >= 15 is 0 Å². The predicted molar refractivity (Wildman–Crippen MR) is 62.9 cm³/mol. The van der Waals surface area contributed by atoms with Crippen molar-refractivity contribution in [3.63, 3.8) is 0 Å². The summed E-state index contributed by atoms with van der Waals surface area (Å²) in [5.41, 5.74) is 1.76. The summed E-state index contributed by atoms with van der Waals surface area (Å²) in [6.45, 7) is 0.996. The number of carboxylic acid groups (broad SMARTS) is 1. The van der Waals surface area contributed by atoms with E-state index in [1.54, 1.807) is 6.07 Å². The molecule has 1 aromatic rings. The molecule has 2 rings (SSSR count). The van der Waals surface area contributed by atoms with Crippen molar-refractivity contribution in [3.8, 4) is 0 Å². The van der Waals surface area contributed by atoms with Crippen molar-refractivity contribution >= 4 is 5.97 Å². The number of nitrogens with zero attached hydrogens (tertiary/aromatic N) is 1. The fourth-order valence-corrected chi connectivity index (χ4v) is 2.28. The molecule has 1 N–H and O–H groups in total. The fraction of sp³-hybridized carbons (Fsp3) is 0.462. The van der Waals surface area contributed by atoms with Gasteiger partial charge in [0.15, 0.2) is 0 Å². The van der Waals surface area contributed by atoms with Gasteiger partial charge in [0.05, 0.1) is 5.56 Å². The lowest BCUT2D eigenvalue weighted by Gasteiger charge is -2.20. The van der Waals surface area contributed by atoms with Crippen molar-refractivity contribution < 1.29 is 9.90 Å². The quantitative estimate of drug-likeness (QED) is 0.841. The maximum atomic E-state index is 10.9. The van der Waals surface area contributed by atoms with Gasteiger partial charge in [0.2, 0.25) is 0 Å². The van der Waals surface area contributed by atoms with Gasteiger partial charge in [-0.15, -0.1) is 0 Å². The van der Waals surface area contributed by atoms with Crippen molar-refractivity contribution in [1.29, 1.82) is 0 Å². The Kier molecular flexibility index (Phi) is 2.72. The van der Waals surface area contributed by atoms with Crippen LogP contribution < -0.4 is 0 Å². The number of carboxylic acids is 1. The van der Waals surface area contributed by atoms with Crippen LogP contribution in [-0.4, -0.2) is 36.6 Å². The highest BCUT2D eigenvalue weighted by Gasteiger charge is 2.44. The van der Waals surface area contributed by atoms with E-state index in [-0.39, 0.29) is 5.41 Å². The van der Waals surface area contributed by atoms with E-state index in [0.29, 0.717) is 5.56 Å². The van der Waals surface area contributed by atoms with Crippen molar-refractivity contribution in [2.45, 2.75) is 18.3 Å². The zero-order chi connectivity index (χ0) is 11.8. The Balaban J connectivity index is 2.27. The van der Waals surface area contributed by atoms with Gasteiger partial charge in [-0.3, -0.25) is 0 Å². The molecule has 16 heavy (non-hydrogen) atoms. The molecule has 1 fully saturated rings. The number of benzene rings is 1. The smallest absolute Gasteiger partial charge is 0.335 e. The van der Waals surface area contributed by atoms with Gasteiger partial charge in [-0.25, -0.2) is 4.79 Å². The maximum absolute atomic E-state index is 10.9. The van der Waals surface area contributed by atoms with Crippen LogP contribution in [0.3, 0.4) is 0 Å². The molecular weight excluding hydrogens is 202 g/mol. The van der Waals surface area contributed by atoms with Gasteiger partial charge in [-0.1, -0.05) is 12.1 Å². The van der Waals surface area contributed by atoms with Crippen LogP contribution in [0.4, 0.5) is 0 Å². The number of likely N-dealkylation sites (N-methyl/N-ethyl adjacent to an activating group) is 1. The Morgan fingerprint density at radius 3 is 2.62 bits per heavy atom. The number of carbonyl (C=O) groups is 1. The second kappa shape index (κ2) is 3.91. The molecular formula is C13H17NO2. The molecule has 86 valence electrons. The van der Waals surface area contributed by atoms with Crippen LogP contribution in [0.25, 0.3) is 0 Å². The van der Waals surface area contributed by atoms with Gasteiger partial charge in [0, 0.05) is 12.0 Å². The lowest BCUT2D eigenvalue weighted by molar-refractivity contribution is 0.0696. The summed E-state index contributed by atoms with van der Waals surface area (Å²) in [4.78, 5) is 13.1. The molecule has 1 aliphatic carbocycles. The van der Waals surface area contributed by atoms with E-state index in [0.717, 1.165) is 19.4 Å². The lowest BCUT2D eigenvalue weighted by Crippen LogP contribution is -2.26. The highest BCUT2D eigenvalue weighted by atomic mass is 16.4. The van der Waals surface area contributed by atoms with E-state index in [1.165, 1.54) is 5.56 Å². The minimum absolute atomic E-state index is 0.203. The molecule has 0 radical (unpaired) electrons. The number of hydrogen-bond donors (Lipinski definition) is 1. The highest BCUT2D eigenvalue weighted by Crippen LogP contribution is 2.48. The first-order chi connectivity index (χ1) is 7.53. The molecule has 0 unspecified atom stereocenters. The second-order valence-corrected chi connectivity index (χ2v) is 4.90. The third-order valence-corrected chi connectivity index (χ3v) is 3.19. The Bertz CT molecular complexity index is 408. The Hall–Kier alpha value is -1.35. The van der Waals surface area contributed by atoms with Gasteiger partial charge in [-0.2, -0.15) is 0 Å². The van der Waals surface area contributed by atoms with Gasteiger partial charge >= 0.3 is 5.97 Å². The summed E-state index contributed by atoms with van der Waals surface area (Å²) in [6.07, 6.45) is 2.32. The Morgan fingerprint density at radius 2 is 2.12 bits per heavy atom. The van der Waals surface area contributed by atoms with Crippen molar-refractivity contribution in [3.05, 3.63) is 35.4 Å². The molecule has 1 aromatic carbocycles. The van der Waals surface area contributed by atoms with E-state index in [2.05, 4.69) is 19.0 Å². The van der Waals surface area contributed by atoms with Crippen LogP contribution in [0, 0.1) is 0 Å². The molecule has 0 bridgehead atoms. The molecule has 3 heteroatoms. The summed E-state index contributed by atoms with van der Waals surface area (Å²) in [5, 5.41) is 8.97. The molecule has 0 aliphatic heterocycles. The molecule has 0 atom stereocenters. The maximum Gasteiger partial charge on any atom is 0.335 e. The minimum atomic E-state index is -0.845. The SMILES string of the molecule is CN(C)CC1(c2cccc(C(=O)O)c2)CC1.